The lowest BCUT2D eigenvalue weighted by molar-refractivity contribution is 0.0734. The third kappa shape index (κ3) is 3.99. The van der Waals surface area contributed by atoms with E-state index in [1.165, 1.54) is 6.21 Å². The van der Waals surface area contributed by atoms with Gasteiger partial charge in [0.05, 0.1) is 11.8 Å². The fourth-order valence-electron chi connectivity index (χ4n) is 2.40. The van der Waals surface area contributed by atoms with E-state index in [1.54, 1.807) is 30.3 Å². The second-order valence-corrected chi connectivity index (χ2v) is 5.77. The summed E-state index contributed by atoms with van der Waals surface area (Å²) in [6.45, 7) is 0. The molecule has 0 aliphatic heterocycles. The summed E-state index contributed by atoms with van der Waals surface area (Å²) in [4.78, 5) is 23.2. The summed E-state index contributed by atoms with van der Waals surface area (Å²) in [6, 6.07) is 16.6. The van der Waals surface area contributed by atoms with Gasteiger partial charge in [-0.15, -0.1) is 0 Å². The van der Waals surface area contributed by atoms with Gasteiger partial charge in [0.15, 0.2) is 0 Å². The number of benzene rings is 3. The van der Waals surface area contributed by atoms with E-state index in [-0.39, 0.29) is 0 Å². The van der Waals surface area contributed by atoms with Crippen LogP contribution in [0.1, 0.15) is 15.9 Å². The van der Waals surface area contributed by atoms with E-state index in [1.807, 2.05) is 30.3 Å². The number of primary amides is 1. The maximum atomic E-state index is 12.4. The van der Waals surface area contributed by atoms with Crippen molar-refractivity contribution in [3.63, 3.8) is 0 Å². The zero-order valence-electron chi connectivity index (χ0n) is 13.5. The van der Waals surface area contributed by atoms with Gasteiger partial charge in [-0.3, -0.25) is 0 Å². The van der Waals surface area contributed by atoms with E-state index in [0.29, 0.717) is 21.9 Å². The van der Waals surface area contributed by atoms with Crippen LogP contribution in [0.3, 0.4) is 0 Å². The Hall–Kier alpha value is -3.38. The van der Waals surface area contributed by atoms with Crippen molar-refractivity contribution in [2.24, 2.45) is 10.8 Å². The first-order valence-electron chi connectivity index (χ1n) is 7.62. The van der Waals surface area contributed by atoms with Crippen molar-refractivity contribution in [1.29, 1.82) is 0 Å². The topological polar surface area (TPSA) is 93.8 Å². The molecule has 0 heterocycles. The van der Waals surface area contributed by atoms with Crippen LogP contribution in [0.4, 0.5) is 4.79 Å². The third-order valence-corrected chi connectivity index (χ3v) is 3.83. The lowest BCUT2D eigenvalue weighted by Crippen LogP contribution is -2.24. The summed E-state index contributed by atoms with van der Waals surface area (Å²) >= 11 is 5.84. The summed E-state index contributed by atoms with van der Waals surface area (Å²) < 4.78 is 5.52. The summed E-state index contributed by atoms with van der Waals surface area (Å²) in [5, 5.41) is 6.05. The Bertz CT molecular complexity index is 1000. The molecule has 0 radical (unpaired) electrons. The molecule has 0 fully saturated rings. The molecule has 26 heavy (non-hydrogen) atoms. The molecule has 0 spiro atoms. The Morgan fingerprint density at radius 2 is 1.77 bits per heavy atom. The number of fused-ring (bicyclic) bond motifs is 1. The lowest BCUT2D eigenvalue weighted by atomic mass is 10.0. The maximum Gasteiger partial charge on any atom is 0.343 e. The minimum atomic E-state index is -0.791. The standard InChI is InChI=1S/C19H14ClN3O3/c20-14-8-5-13(6-9-14)18(24)26-17-10-7-12-3-1-2-4-15(12)16(17)11-22-23-19(21)25/h1-11H,(H3,21,23,25). The van der Waals surface area contributed by atoms with Crippen molar-refractivity contribution in [3.8, 4) is 5.75 Å². The first kappa shape index (κ1) is 17.4. The number of hydrazone groups is 1. The smallest absolute Gasteiger partial charge is 0.343 e. The van der Waals surface area contributed by atoms with Gasteiger partial charge in [0, 0.05) is 10.6 Å². The van der Waals surface area contributed by atoms with E-state index in [9.17, 15) is 9.59 Å². The fraction of sp³-hybridized carbons (Fsp3) is 0. The number of nitrogens with zero attached hydrogens (tertiary/aromatic N) is 1. The van der Waals surface area contributed by atoms with Gasteiger partial charge in [0.25, 0.3) is 0 Å². The number of halogens is 1. The normalized spacial score (nSPS) is 10.8. The SMILES string of the molecule is NC(=O)NN=Cc1c(OC(=O)c2ccc(Cl)cc2)ccc2ccccc12. The zero-order valence-corrected chi connectivity index (χ0v) is 14.2. The Kier molecular flexibility index (Phi) is 5.15. The molecule has 0 aliphatic carbocycles. The zero-order chi connectivity index (χ0) is 18.5. The van der Waals surface area contributed by atoms with E-state index in [2.05, 4.69) is 10.5 Å². The number of carbonyl (C=O) groups is 2. The second-order valence-electron chi connectivity index (χ2n) is 5.33. The molecule has 0 unspecified atom stereocenters. The van der Waals surface area contributed by atoms with Crippen molar-refractivity contribution in [2.45, 2.75) is 0 Å². The Labute approximate surface area is 154 Å². The second kappa shape index (κ2) is 7.67. The van der Waals surface area contributed by atoms with E-state index >= 15 is 0 Å². The lowest BCUT2D eigenvalue weighted by Gasteiger charge is -2.10. The molecule has 3 rings (SSSR count). The highest BCUT2D eigenvalue weighted by molar-refractivity contribution is 6.30. The van der Waals surface area contributed by atoms with Gasteiger partial charge in [0.2, 0.25) is 0 Å². The molecular formula is C19H14ClN3O3. The molecule has 130 valence electrons. The number of ether oxygens (including phenoxy) is 1. The van der Waals surface area contributed by atoms with Crippen molar-refractivity contribution in [2.75, 3.05) is 0 Å². The molecular weight excluding hydrogens is 354 g/mol. The van der Waals surface area contributed by atoms with Gasteiger partial charge in [0.1, 0.15) is 5.75 Å². The predicted molar refractivity (Wildman–Crippen MR) is 101 cm³/mol. The molecule has 7 heteroatoms. The largest absolute Gasteiger partial charge is 0.422 e. The molecule has 3 N–H and O–H groups in total. The van der Waals surface area contributed by atoms with Crippen LogP contribution in [0.5, 0.6) is 5.75 Å². The van der Waals surface area contributed by atoms with Gasteiger partial charge >= 0.3 is 12.0 Å². The average molecular weight is 368 g/mol. The molecule has 6 nitrogen and oxygen atoms in total. The molecule has 0 saturated carbocycles. The van der Waals surface area contributed by atoms with Crippen LogP contribution in [0.2, 0.25) is 5.02 Å². The predicted octanol–water partition coefficient (Wildman–Crippen LogP) is 3.71. The number of urea groups is 1. The van der Waals surface area contributed by atoms with Gasteiger partial charge in [-0.2, -0.15) is 5.10 Å². The van der Waals surface area contributed by atoms with Crippen molar-refractivity contribution >= 4 is 40.6 Å². The third-order valence-electron chi connectivity index (χ3n) is 3.58. The van der Waals surface area contributed by atoms with Crippen molar-refractivity contribution in [3.05, 3.63) is 76.8 Å². The highest BCUT2D eigenvalue weighted by Gasteiger charge is 2.13. The quantitative estimate of drug-likeness (QED) is 0.318. The monoisotopic (exact) mass is 367 g/mol. The number of esters is 1. The molecule has 0 aliphatic rings. The number of rotatable bonds is 4. The summed E-state index contributed by atoms with van der Waals surface area (Å²) in [6.07, 6.45) is 1.39. The Morgan fingerprint density at radius 3 is 2.50 bits per heavy atom. The summed E-state index contributed by atoms with van der Waals surface area (Å²) in [7, 11) is 0. The number of hydrogen-bond acceptors (Lipinski definition) is 4. The van der Waals surface area contributed by atoms with Crippen LogP contribution < -0.4 is 15.9 Å². The van der Waals surface area contributed by atoms with Gasteiger partial charge in [-0.25, -0.2) is 15.0 Å². The molecule has 0 saturated heterocycles. The highest BCUT2D eigenvalue weighted by atomic mass is 35.5. The molecule has 0 aromatic heterocycles. The van der Waals surface area contributed by atoms with Crippen molar-refractivity contribution < 1.29 is 14.3 Å². The highest BCUT2D eigenvalue weighted by Crippen LogP contribution is 2.27. The van der Waals surface area contributed by atoms with E-state index in [4.69, 9.17) is 22.1 Å². The van der Waals surface area contributed by atoms with E-state index < -0.39 is 12.0 Å². The Morgan fingerprint density at radius 1 is 1.04 bits per heavy atom. The Balaban J connectivity index is 1.98. The molecule has 2 amide bonds. The number of carbonyl (C=O) groups excluding carboxylic acids is 2. The summed E-state index contributed by atoms with van der Waals surface area (Å²) in [5.74, 6) is -0.229. The number of amides is 2. The van der Waals surface area contributed by atoms with Crippen LogP contribution in [0, 0.1) is 0 Å². The number of nitrogens with two attached hydrogens (primary N) is 1. The number of hydrogen-bond donors (Lipinski definition) is 2. The van der Waals surface area contributed by atoms with Crippen LogP contribution >= 0.6 is 11.6 Å². The van der Waals surface area contributed by atoms with E-state index in [0.717, 1.165) is 10.8 Å². The average Bonchev–Trinajstić information content (AvgIpc) is 2.63. The first-order valence-corrected chi connectivity index (χ1v) is 8.00. The van der Waals surface area contributed by atoms with Gasteiger partial charge in [-0.05, 0) is 41.1 Å². The minimum Gasteiger partial charge on any atom is -0.422 e. The first-order chi connectivity index (χ1) is 12.5. The van der Waals surface area contributed by atoms with Crippen LogP contribution in [0.15, 0.2) is 65.8 Å². The van der Waals surface area contributed by atoms with Crippen molar-refractivity contribution in [1.82, 2.24) is 5.43 Å². The van der Waals surface area contributed by atoms with Gasteiger partial charge < -0.3 is 10.5 Å². The number of nitrogens with one attached hydrogen (secondary N) is 1. The van der Waals surface area contributed by atoms with Crippen LogP contribution in [-0.2, 0) is 0 Å². The fourth-order valence-corrected chi connectivity index (χ4v) is 2.53. The van der Waals surface area contributed by atoms with Crippen LogP contribution in [-0.4, -0.2) is 18.2 Å². The summed E-state index contributed by atoms with van der Waals surface area (Å²) in [5.41, 5.74) is 8.05. The molecule has 0 bridgehead atoms. The maximum absolute atomic E-state index is 12.4. The van der Waals surface area contributed by atoms with Gasteiger partial charge in [-0.1, -0.05) is 41.9 Å². The molecule has 3 aromatic rings. The molecule has 0 atom stereocenters. The van der Waals surface area contributed by atoms with Crippen LogP contribution in [0.25, 0.3) is 10.8 Å². The minimum absolute atomic E-state index is 0.304. The molecule has 3 aromatic carbocycles.